The molecule has 0 bridgehead atoms. The number of hydrogen-bond donors (Lipinski definition) is 1. The lowest BCUT2D eigenvalue weighted by molar-refractivity contribution is -0.131. The molecule has 0 spiro atoms. The Morgan fingerprint density at radius 3 is 2.95 bits per heavy atom. The van der Waals surface area contributed by atoms with Crippen molar-refractivity contribution in [1.29, 1.82) is 5.26 Å². The van der Waals surface area contributed by atoms with Crippen LogP contribution in [-0.2, 0) is 11.3 Å². The number of carbonyl (C=O) groups excluding carboxylic acids is 1. The summed E-state index contributed by atoms with van der Waals surface area (Å²) in [5.74, 6) is 0.736. The molecule has 5 nitrogen and oxygen atoms in total. The van der Waals surface area contributed by atoms with Gasteiger partial charge in [-0.1, -0.05) is 12.1 Å². The van der Waals surface area contributed by atoms with Crippen molar-refractivity contribution in [2.75, 3.05) is 20.2 Å². The summed E-state index contributed by atoms with van der Waals surface area (Å²) in [6, 6.07) is 9.19. The van der Waals surface area contributed by atoms with Crippen molar-refractivity contribution < 1.29 is 9.53 Å². The predicted molar refractivity (Wildman–Crippen MR) is 77.2 cm³/mol. The normalized spacial score (nSPS) is 11.5. The maximum Gasteiger partial charge on any atom is 0.239 e. The second kappa shape index (κ2) is 8.18. The summed E-state index contributed by atoms with van der Waals surface area (Å²) in [5, 5.41) is 11.7. The molecule has 20 heavy (non-hydrogen) atoms. The molecule has 0 heterocycles. The van der Waals surface area contributed by atoms with E-state index < -0.39 is 0 Å². The van der Waals surface area contributed by atoms with Gasteiger partial charge in [0, 0.05) is 20.1 Å². The van der Waals surface area contributed by atoms with E-state index in [1.165, 1.54) is 0 Å². The Morgan fingerprint density at radius 2 is 2.30 bits per heavy atom. The largest absolute Gasteiger partial charge is 0.479 e. The van der Waals surface area contributed by atoms with E-state index in [0.29, 0.717) is 18.8 Å². The Bertz CT molecular complexity index is 482. The van der Waals surface area contributed by atoms with Gasteiger partial charge in [-0.3, -0.25) is 4.79 Å². The molecule has 5 heteroatoms. The average Bonchev–Trinajstić information content (AvgIpc) is 2.49. The number of nitrogens with one attached hydrogen (secondary N) is 1. The molecule has 0 radical (unpaired) electrons. The number of nitriles is 1. The number of ether oxygens (including phenoxy) is 1. The predicted octanol–water partition coefficient (Wildman–Crippen LogP) is 1.55. The number of carbonyl (C=O) groups is 1. The van der Waals surface area contributed by atoms with Gasteiger partial charge in [-0.25, -0.2) is 0 Å². The standard InChI is InChI=1S/C15H21N3O2/c1-4-18(3)15(19)12(2)17-11-13-6-5-7-14(10-13)20-9-8-16/h5-7,10,12,17H,4,9,11H2,1-3H3. The number of likely N-dealkylation sites (N-methyl/N-ethyl adjacent to an activating group) is 1. The van der Waals surface area contributed by atoms with Crippen molar-refractivity contribution in [3.63, 3.8) is 0 Å². The van der Waals surface area contributed by atoms with Crippen molar-refractivity contribution >= 4 is 5.91 Å². The number of amides is 1. The van der Waals surface area contributed by atoms with Crippen LogP contribution in [0.1, 0.15) is 19.4 Å². The maximum atomic E-state index is 11.9. The first kappa shape index (κ1) is 16.0. The lowest BCUT2D eigenvalue weighted by Crippen LogP contribution is -2.42. The van der Waals surface area contributed by atoms with E-state index in [9.17, 15) is 4.79 Å². The molecule has 1 amide bonds. The summed E-state index contributed by atoms with van der Waals surface area (Å²) in [4.78, 5) is 13.6. The number of hydrogen-bond acceptors (Lipinski definition) is 4. The quantitative estimate of drug-likeness (QED) is 0.820. The van der Waals surface area contributed by atoms with Crippen molar-refractivity contribution in [1.82, 2.24) is 10.2 Å². The van der Waals surface area contributed by atoms with Crippen molar-refractivity contribution in [2.45, 2.75) is 26.4 Å². The zero-order chi connectivity index (χ0) is 15.0. The van der Waals surface area contributed by atoms with Crippen LogP contribution in [0, 0.1) is 11.3 Å². The van der Waals surface area contributed by atoms with E-state index in [4.69, 9.17) is 10.00 Å². The van der Waals surface area contributed by atoms with Crippen molar-refractivity contribution in [3.05, 3.63) is 29.8 Å². The third-order valence-corrected chi connectivity index (χ3v) is 3.04. The van der Waals surface area contributed by atoms with Gasteiger partial charge in [0.15, 0.2) is 6.61 Å². The molecule has 0 saturated heterocycles. The minimum atomic E-state index is -0.233. The summed E-state index contributed by atoms with van der Waals surface area (Å²) in [6.07, 6.45) is 0. The smallest absolute Gasteiger partial charge is 0.239 e. The van der Waals surface area contributed by atoms with Crippen LogP contribution >= 0.6 is 0 Å². The first-order valence-electron chi connectivity index (χ1n) is 6.65. The van der Waals surface area contributed by atoms with Gasteiger partial charge in [-0.05, 0) is 31.5 Å². The second-order valence-corrected chi connectivity index (χ2v) is 4.55. The van der Waals surface area contributed by atoms with E-state index >= 15 is 0 Å². The van der Waals surface area contributed by atoms with E-state index in [-0.39, 0.29) is 18.6 Å². The highest BCUT2D eigenvalue weighted by atomic mass is 16.5. The molecule has 0 aliphatic rings. The van der Waals surface area contributed by atoms with Gasteiger partial charge in [0.25, 0.3) is 0 Å². The van der Waals surface area contributed by atoms with Gasteiger partial charge < -0.3 is 15.0 Å². The minimum Gasteiger partial charge on any atom is -0.479 e. The number of benzene rings is 1. The van der Waals surface area contributed by atoms with Crippen LogP contribution in [0.2, 0.25) is 0 Å². The molecule has 0 aliphatic carbocycles. The molecule has 0 aliphatic heterocycles. The first-order chi connectivity index (χ1) is 9.58. The van der Waals surface area contributed by atoms with Crippen LogP contribution in [0.5, 0.6) is 5.75 Å². The molecule has 1 atom stereocenters. The van der Waals surface area contributed by atoms with Gasteiger partial charge in [-0.2, -0.15) is 5.26 Å². The molecule has 108 valence electrons. The summed E-state index contributed by atoms with van der Waals surface area (Å²) in [5.41, 5.74) is 1.01. The third-order valence-electron chi connectivity index (χ3n) is 3.04. The lowest BCUT2D eigenvalue weighted by atomic mass is 10.2. The fraction of sp³-hybridized carbons (Fsp3) is 0.467. The summed E-state index contributed by atoms with van der Waals surface area (Å²) in [7, 11) is 1.79. The molecular formula is C15H21N3O2. The minimum absolute atomic E-state index is 0.0348. The van der Waals surface area contributed by atoms with Crippen LogP contribution in [-0.4, -0.2) is 37.0 Å². The molecule has 1 rings (SSSR count). The Kier molecular flexibility index (Phi) is 6.54. The number of nitrogens with zero attached hydrogens (tertiary/aromatic N) is 2. The Hall–Kier alpha value is -2.06. The Morgan fingerprint density at radius 1 is 1.55 bits per heavy atom. The van der Waals surface area contributed by atoms with Gasteiger partial charge in [-0.15, -0.1) is 0 Å². The highest BCUT2D eigenvalue weighted by Gasteiger charge is 2.15. The van der Waals surface area contributed by atoms with E-state index in [0.717, 1.165) is 5.56 Å². The molecular weight excluding hydrogens is 254 g/mol. The van der Waals surface area contributed by atoms with Crippen LogP contribution in [0.3, 0.4) is 0 Å². The van der Waals surface area contributed by atoms with Gasteiger partial charge >= 0.3 is 0 Å². The van der Waals surface area contributed by atoms with Gasteiger partial charge in [0.05, 0.1) is 6.04 Å². The first-order valence-corrected chi connectivity index (χ1v) is 6.65. The SMILES string of the molecule is CCN(C)C(=O)C(C)NCc1cccc(OCC#N)c1. The van der Waals surface area contributed by atoms with Crippen molar-refractivity contribution in [3.8, 4) is 11.8 Å². The van der Waals surface area contributed by atoms with E-state index in [2.05, 4.69) is 5.32 Å². The molecule has 1 aromatic carbocycles. The molecule has 0 aromatic heterocycles. The lowest BCUT2D eigenvalue weighted by Gasteiger charge is -2.20. The zero-order valence-electron chi connectivity index (χ0n) is 12.2. The monoisotopic (exact) mass is 275 g/mol. The Balaban J connectivity index is 2.53. The van der Waals surface area contributed by atoms with Crippen LogP contribution < -0.4 is 10.1 Å². The molecule has 0 saturated carbocycles. The van der Waals surface area contributed by atoms with Gasteiger partial charge in [0.2, 0.25) is 5.91 Å². The fourth-order valence-electron chi connectivity index (χ4n) is 1.71. The number of rotatable bonds is 7. The Labute approximate surface area is 120 Å². The molecule has 1 unspecified atom stereocenters. The maximum absolute atomic E-state index is 11.9. The van der Waals surface area contributed by atoms with Gasteiger partial charge in [0.1, 0.15) is 11.8 Å². The fourth-order valence-corrected chi connectivity index (χ4v) is 1.71. The summed E-state index contributed by atoms with van der Waals surface area (Å²) < 4.78 is 5.24. The topological polar surface area (TPSA) is 65.4 Å². The third kappa shape index (κ3) is 4.90. The van der Waals surface area contributed by atoms with Crippen LogP contribution in [0.4, 0.5) is 0 Å². The van der Waals surface area contributed by atoms with Crippen LogP contribution in [0.15, 0.2) is 24.3 Å². The highest BCUT2D eigenvalue weighted by molar-refractivity contribution is 5.81. The summed E-state index contributed by atoms with van der Waals surface area (Å²) in [6.45, 7) is 5.11. The average molecular weight is 275 g/mol. The molecule has 1 aromatic rings. The van der Waals surface area contributed by atoms with E-state index in [1.54, 1.807) is 18.0 Å². The second-order valence-electron chi connectivity index (χ2n) is 4.55. The molecule has 1 N–H and O–H groups in total. The zero-order valence-corrected chi connectivity index (χ0v) is 12.2. The highest BCUT2D eigenvalue weighted by Crippen LogP contribution is 2.13. The molecule has 0 fully saturated rings. The van der Waals surface area contributed by atoms with Crippen LogP contribution in [0.25, 0.3) is 0 Å². The van der Waals surface area contributed by atoms with Crippen molar-refractivity contribution in [2.24, 2.45) is 0 Å². The van der Waals surface area contributed by atoms with E-state index in [1.807, 2.05) is 38.1 Å². The summed E-state index contributed by atoms with van der Waals surface area (Å²) >= 11 is 0.